The standard InChI is InChI=1S/C17H24N2O/c1-11(13-4-3-5-15(18)10-13)19(2)17(20)16-9-12-6-7-14(16)8-12/h3-5,10-12,14,16H,6-9,18H2,1-2H3. The van der Waals surface area contributed by atoms with E-state index in [1.165, 1.54) is 19.3 Å². The van der Waals surface area contributed by atoms with Crippen LogP contribution in [0.5, 0.6) is 0 Å². The molecule has 0 aliphatic heterocycles. The number of carbonyl (C=O) groups is 1. The summed E-state index contributed by atoms with van der Waals surface area (Å²) in [4.78, 5) is 14.6. The van der Waals surface area contributed by atoms with Gasteiger partial charge in [0.1, 0.15) is 0 Å². The summed E-state index contributed by atoms with van der Waals surface area (Å²) in [6.45, 7) is 2.08. The highest BCUT2D eigenvalue weighted by atomic mass is 16.2. The van der Waals surface area contributed by atoms with Gasteiger partial charge in [0.15, 0.2) is 0 Å². The van der Waals surface area contributed by atoms with Crippen molar-refractivity contribution in [3.63, 3.8) is 0 Å². The molecule has 4 atom stereocenters. The molecule has 3 rings (SSSR count). The number of nitrogens with two attached hydrogens (primary N) is 1. The molecule has 0 spiro atoms. The van der Waals surface area contributed by atoms with E-state index < -0.39 is 0 Å². The first-order valence-corrected chi connectivity index (χ1v) is 7.68. The summed E-state index contributed by atoms with van der Waals surface area (Å²) in [6, 6.07) is 7.94. The molecule has 2 aliphatic carbocycles. The van der Waals surface area contributed by atoms with Crippen molar-refractivity contribution in [1.82, 2.24) is 4.90 Å². The molecule has 2 aliphatic rings. The largest absolute Gasteiger partial charge is 0.399 e. The van der Waals surface area contributed by atoms with Crippen LogP contribution in [0.25, 0.3) is 0 Å². The predicted molar refractivity (Wildman–Crippen MR) is 81.0 cm³/mol. The Morgan fingerprint density at radius 1 is 1.35 bits per heavy atom. The van der Waals surface area contributed by atoms with Gasteiger partial charge in [0.05, 0.1) is 6.04 Å². The summed E-state index contributed by atoms with van der Waals surface area (Å²) in [5.74, 6) is 2.04. The van der Waals surface area contributed by atoms with Crippen LogP contribution in [0, 0.1) is 17.8 Å². The maximum absolute atomic E-state index is 12.7. The van der Waals surface area contributed by atoms with Gasteiger partial charge in [0.25, 0.3) is 0 Å². The minimum absolute atomic E-state index is 0.0881. The molecule has 0 saturated heterocycles. The van der Waals surface area contributed by atoms with Crippen LogP contribution in [0.4, 0.5) is 5.69 Å². The molecule has 3 nitrogen and oxygen atoms in total. The Kier molecular flexibility index (Phi) is 3.45. The van der Waals surface area contributed by atoms with Gasteiger partial charge in [-0.15, -0.1) is 0 Å². The summed E-state index contributed by atoms with van der Waals surface area (Å²) in [7, 11) is 1.93. The molecule has 1 aromatic rings. The van der Waals surface area contributed by atoms with Crippen LogP contribution in [0.3, 0.4) is 0 Å². The van der Waals surface area contributed by atoms with Crippen molar-refractivity contribution >= 4 is 11.6 Å². The fourth-order valence-electron chi connectivity index (χ4n) is 4.04. The van der Waals surface area contributed by atoms with E-state index in [0.29, 0.717) is 11.8 Å². The molecule has 4 unspecified atom stereocenters. The Hall–Kier alpha value is -1.51. The van der Waals surface area contributed by atoms with Gasteiger partial charge < -0.3 is 10.6 Å². The van der Waals surface area contributed by atoms with E-state index in [-0.39, 0.29) is 12.0 Å². The van der Waals surface area contributed by atoms with E-state index >= 15 is 0 Å². The van der Waals surface area contributed by atoms with Crippen molar-refractivity contribution in [3.8, 4) is 0 Å². The highest BCUT2D eigenvalue weighted by molar-refractivity contribution is 5.80. The van der Waals surface area contributed by atoms with Gasteiger partial charge in [-0.1, -0.05) is 18.6 Å². The second-order valence-electron chi connectivity index (χ2n) is 6.58. The molecular weight excluding hydrogens is 248 g/mol. The van der Waals surface area contributed by atoms with Gasteiger partial charge in [0.2, 0.25) is 5.91 Å². The summed E-state index contributed by atoms with van der Waals surface area (Å²) >= 11 is 0. The zero-order valence-corrected chi connectivity index (χ0v) is 12.4. The third-order valence-electron chi connectivity index (χ3n) is 5.38. The predicted octanol–water partition coefficient (Wildman–Crippen LogP) is 3.22. The average molecular weight is 272 g/mol. The van der Waals surface area contributed by atoms with Crippen LogP contribution in [0.2, 0.25) is 0 Å². The van der Waals surface area contributed by atoms with Gasteiger partial charge in [-0.3, -0.25) is 4.79 Å². The first-order valence-electron chi connectivity index (χ1n) is 7.68. The van der Waals surface area contributed by atoms with Gasteiger partial charge in [0, 0.05) is 18.7 Å². The number of fused-ring (bicyclic) bond motifs is 2. The van der Waals surface area contributed by atoms with Crippen molar-refractivity contribution in [3.05, 3.63) is 29.8 Å². The molecule has 1 aromatic carbocycles. The lowest BCUT2D eigenvalue weighted by atomic mass is 9.87. The van der Waals surface area contributed by atoms with Crippen LogP contribution < -0.4 is 5.73 Å². The molecule has 3 heteroatoms. The summed E-state index contributed by atoms with van der Waals surface area (Å²) in [5, 5.41) is 0. The van der Waals surface area contributed by atoms with Gasteiger partial charge in [-0.25, -0.2) is 0 Å². The SMILES string of the molecule is CC(c1cccc(N)c1)N(C)C(=O)C1CC2CCC1C2. The quantitative estimate of drug-likeness (QED) is 0.859. The van der Waals surface area contributed by atoms with Gasteiger partial charge in [-0.2, -0.15) is 0 Å². The smallest absolute Gasteiger partial charge is 0.226 e. The van der Waals surface area contributed by atoms with Crippen LogP contribution in [-0.2, 0) is 4.79 Å². The molecule has 2 bridgehead atoms. The Bertz CT molecular complexity index is 513. The van der Waals surface area contributed by atoms with E-state index in [9.17, 15) is 4.79 Å². The molecule has 2 N–H and O–H groups in total. The Morgan fingerprint density at radius 3 is 2.75 bits per heavy atom. The monoisotopic (exact) mass is 272 g/mol. The zero-order chi connectivity index (χ0) is 14.3. The number of nitrogens with zero attached hydrogens (tertiary/aromatic N) is 1. The van der Waals surface area contributed by atoms with Crippen LogP contribution in [0.1, 0.15) is 44.2 Å². The summed E-state index contributed by atoms with van der Waals surface area (Å²) < 4.78 is 0. The fraction of sp³-hybridized carbons (Fsp3) is 0.588. The third-order valence-corrected chi connectivity index (χ3v) is 5.38. The second kappa shape index (κ2) is 5.12. The first-order chi connectivity index (χ1) is 9.56. The van der Waals surface area contributed by atoms with Crippen molar-refractivity contribution < 1.29 is 4.79 Å². The van der Waals surface area contributed by atoms with Crippen LogP contribution >= 0.6 is 0 Å². The molecular formula is C17H24N2O. The molecule has 2 fully saturated rings. The number of nitrogen functional groups attached to an aromatic ring is 1. The number of benzene rings is 1. The lowest BCUT2D eigenvalue weighted by Crippen LogP contribution is -2.37. The van der Waals surface area contributed by atoms with Gasteiger partial charge >= 0.3 is 0 Å². The van der Waals surface area contributed by atoms with E-state index in [0.717, 1.165) is 23.6 Å². The number of hydrogen-bond acceptors (Lipinski definition) is 2. The second-order valence-corrected chi connectivity index (χ2v) is 6.58. The highest BCUT2D eigenvalue weighted by Crippen LogP contribution is 2.49. The topological polar surface area (TPSA) is 46.3 Å². The lowest BCUT2D eigenvalue weighted by molar-refractivity contribution is -0.137. The van der Waals surface area contributed by atoms with Crippen LogP contribution in [0.15, 0.2) is 24.3 Å². The minimum atomic E-state index is 0.0881. The number of anilines is 1. The number of carbonyl (C=O) groups excluding carboxylic acids is 1. The number of rotatable bonds is 3. The molecule has 0 aromatic heterocycles. The fourth-order valence-corrected chi connectivity index (χ4v) is 4.04. The molecule has 2 saturated carbocycles. The molecule has 0 heterocycles. The summed E-state index contributed by atoms with van der Waals surface area (Å²) in [5.41, 5.74) is 7.71. The Balaban J connectivity index is 1.72. The van der Waals surface area contributed by atoms with Gasteiger partial charge in [-0.05, 0) is 55.7 Å². The summed E-state index contributed by atoms with van der Waals surface area (Å²) in [6.07, 6.45) is 4.97. The average Bonchev–Trinajstić information content (AvgIpc) is 3.07. The maximum atomic E-state index is 12.7. The van der Waals surface area contributed by atoms with Crippen molar-refractivity contribution in [2.75, 3.05) is 12.8 Å². The van der Waals surface area contributed by atoms with Crippen molar-refractivity contribution in [2.45, 2.75) is 38.6 Å². The normalized spacial score (nSPS) is 29.4. The van der Waals surface area contributed by atoms with Crippen molar-refractivity contribution in [2.24, 2.45) is 17.8 Å². The van der Waals surface area contributed by atoms with E-state index in [4.69, 9.17) is 5.73 Å². The minimum Gasteiger partial charge on any atom is -0.399 e. The zero-order valence-electron chi connectivity index (χ0n) is 12.4. The van der Waals surface area contributed by atoms with E-state index in [1.54, 1.807) is 0 Å². The van der Waals surface area contributed by atoms with E-state index in [1.807, 2.05) is 36.2 Å². The molecule has 1 amide bonds. The molecule has 20 heavy (non-hydrogen) atoms. The highest BCUT2D eigenvalue weighted by Gasteiger charge is 2.44. The Morgan fingerprint density at radius 2 is 2.15 bits per heavy atom. The first kappa shape index (κ1) is 13.5. The number of hydrogen-bond donors (Lipinski definition) is 1. The maximum Gasteiger partial charge on any atom is 0.226 e. The lowest BCUT2D eigenvalue weighted by Gasteiger charge is -2.31. The third kappa shape index (κ3) is 2.30. The molecule has 0 radical (unpaired) electrons. The molecule has 108 valence electrons. The Labute approximate surface area is 121 Å². The van der Waals surface area contributed by atoms with E-state index in [2.05, 4.69) is 6.92 Å². The number of amides is 1. The van der Waals surface area contributed by atoms with Crippen molar-refractivity contribution in [1.29, 1.82) is 0 Å². The van der Waals surface area contributed by atoms with Crippen LogP contribution in [-0.4, -0.2) is 17.9 Å².